The maximum Gasteiger partial charge on any atom is 0.318 e. The molecule has 2 heterocycles. The number of carbonyl (C=O) groups is 1. The van der Waals surface area contributed by atoms with Crippen LogP contribution in [-0.4, -0.2) is 17.5 Å². The normalized spacial score (nSPS) is 15.3. The molecule has 4 heteroatoms. The van der Waals surface area contributed by atoms with E-state index in [2.05, 4.69) is 23.5 Å². The first kappa shape index (κ1) is 14.7. The van der Waals surface area contributed by atoms with Crippen molar-refractivity contribution in [2.75, 3.05) is 6.54 Å². The van der Waals surface area contributed by atoms with E-state index in [9.17, 15) is 4.79 Å². The number of hydrogen-bond acceptors (Lipinski definition) is 2. The maximum absolute atomic E-state index is 12.5. The molecule has 1 aliphatic rings. The smallest absolute Gasteiger partial charge is 0.318 e. The molecule has 2 amide bonds. The molecule has 0 spiro atoms. The van der Waals surface area contributed by atoms with Crippen LogP contribution in [0.3, 0.4) is 0 Å². The van der Waals surface area contributed by atoms with Crippen molar-refractivity contribution in [2.45, 2.75) is 39.8 Å². The number of rotatable bonds is 2. The first-order valence-electron chi connectivity index (χ1n) is 7.73. The van der Waals surface area contributed by atoms with E-state index in [1.807, 2.05) is 37.8 Å². The molecule has 1 atom stereocenters. The fourth-order valence-corrected chi connectivity index (χ4v) is 3.10. The van der Waals surface area contributed by atoms with E-state index in [0.717, 1.165) is 30.0 Å². The van der Waals surface area contributed by atoms with Crippen LogP contribution < -0.4 is 5.32 Å². The van der Waals surface area contributed by atoms with Gasteiger partial charge in [-0.3, -0.25) is 0 Å². The average molecular weight is 298 g/mol. The van der Waals surface area contributed by atoms with Crippen LogP contribution >= 0.6 is 0 Å². The molecule has 2 aromatic rings. The molecule has 1 N–H and O–H groups in total. The Kier molecular flexibility index (Phi) is 3.92. The van der Waals surface area contributed by atoms with Crippen molar-refractivity contribution in [3.8, 4) is 0 Å². The summed E-state index contributed by atoms with van der Waals surface area (Å²) in [7, 11) is 0. The Balaban J connectivity index is 1.67. The van der Waals surface area contributed by atoms with Gasteiger partial charge in [0.25, 0.3) is 0 Å². The molecule has 3 rings (SSSR count). The highest BCUT2D eigenvalue weighted by atomic mass is 16.3. The molecule has 1 aromatic carbocycles. The zero-order valence-corrected chi connectivity index (χ0v) is 13.3. The standard InChI is InChI=1S/C18H22N2O2/c1-12-10-17(14(3)22-12)13(2)19-18(21)20-9-8-15-6-4-5-7-16(15)11-20/h4-7,10,13H,8-9,11H2,1-3H3,(H,19,21). The molecule has 22 heavy (non-hydrogen) atoms. The lowest BCUT2D eigenvalue weighted by Crippen LogP contribution is -2.43. The summed E-state index contributed by atoms with van der Waals surface area (Å²) >= 11 is 0. The zero-order valence-electron chi connectivity index (χ0n) is 13.3. The number of hydrogen-bond donors (Lipinski definition) is 1. The first-order chi connectivity index (χ1) is 10.5. The summed E-state index contributed by atoms with van der Waals surface area (Å²) in [5, 5.41) is 3.08. The van der Waals surface area contributed by atoms with Crippen molar-refractivity contribution in [1.29, 1.82) is 0 Å². The molecule has 1 unspecified atom stereocenters. The number of furan rings is 1. The Labute approximate surface area is 131 Å². The van der Waals surface area contributed by atoms with Crippen LogP contribution in [0.4, 0.5) is 4.79 Å². The Hall–Kier alpha value is -2.23. The van der Waals surface area contributed by atoms with Crippen LogP contribution in [0.25, 0.3) is 0 Å². The van der Waals surface area contributed by atoms with E-state index < -0.39 is 0 Å². The number of benzene rings is 1. The number of carbonyl (C=O) groups excluding carboxylic acids is 1. The predicted molar refractivity (Wildman–Crippen MR) is 85.7 cm³/mol. The minimum absolute atomic E-state index is 0.0137. The van der Waals surface area contributed by atoms with E-state index in [4.69, 9.17) is 4.42 Å². The third-order valence-corrected chi connectivity index (χ3v) is 4.30. The predicted octanol–water partition coefficient (Wildman–Crippen LogP) is 3.73. The molecular formula is C18H22N2O2. The van der Waals surface area contributed by atoms with E-state index >= 15 is 0 Å². The second-order valence-corrected chi connectivity index (χ2v) is 5.98. The van der Waals surface area contributed by atoms with Gasteiger partial charge in [0.2, 0.25) is 0 Å². The second kappa shape index (κ2) is 5.87. The van der Waals surface area contributed by atoms with Crippen molar-refractivity contribution < 1.29 is 9.21 Å². The molecule has 0 saturated carbocycles. The van der Waals surface area contributed by atoms with Gasteiger partial charge in [-0.2, -0.15) is 0 Å². The fraction of sp³-hybridized carbons (Fsp3) is 0.389. The van der Waals surface area contributed by atoms with Crippen LogP contribution in [0, 0.1) is 13.8 Å². The molecule has 0 fully saturated rings. The topological polar surface area (TPSA) is 45.5 Å². The summed E-state index contributed by atoms with van der Waals surface area (Å²) in [4.78, 5) is 14.4. The molecule has 0 saturated heterocycles. The number of fused-ring (bicyclic) bond motifs is 1. The summed E-state index contributed by atoms with van der Waals surface area (Å²) in [6, 6.07) is 10.3. The molecule has 1 aromatic heterocycles. The van der Waals surface area contributed by atoms with Gasteiger partial charge in [0, 0.05) is 18.7 Å². The monoisotopic (exact) mass is 298 g/mol. The molecular weight excluding hydrogens is 276 g/mol. The second-order valence-electron chi connectivity index (χ2n) is 5.98. The van der Waals surface area contributed by atoms with Gasteiger partial charge in [0.05, 0.1) is 6.04 Å². The van der Waals surface area contributed by atoms with Gasteiger partial charge in [0.15, 0.2) is 0 Å². The van der Waals surface area contributed by atoms with Gasteiger partial charge in [-0.15, -0.1) is 0 Å². The summed E-state index contributed by atoms with van der Waals surface area (Å²) in [5.74, 6) is 1.75. The minimum Gasteiger partial charge on any atom is -0.466 e. The third kappa shape index (κ3) is 2.86. The molecule has 0 radical (unpaired) electrons. The van der Waals surface area contributed by atoms with Gasteiger partial charge in [-0.1, -0.05) is 24.3 Å². The van der Waals surface area contributed by atoms with Gasteiger partial charge < -0.3 is 14.6 Å². The highest BCUT2D eigenvalue weighted by Gasteiger charge is 2.22. The lowest BCUT2D eigenvalue weighted by molar-refractivity contribution is 0.189. The van der Waals surface area contributed by atoms with Crippen LogP contribution in [0.2, 0.25) is 0 Å². The average Bonchev–Trinajstić information content (AvgIpc) is 2.85. The molecule has 4 nitrogen and oxygen atoms in total. The Morgan fingerprint density at radius 1 is 1.27 bits per heavy atom. The molecule has 0 aliphatic carbocycles. The number of urea groups is 1. The van der Waals surface area contributed by atoms with Crippen molar-refractivity contribution >= 4 is 6.03 Å². The Morgan fingerprint density at radius 3 is 2.68 bits per heavy atom. The first-order valence-corrected chi connectivity index (χ1v) is 7.73. The zero-order chi connectivity index (χ0) is 15.7. The van der Waals surface area contributed by atoms with E-state index in [1.165, 1.54) is 11.1 Å². The summed E-state index contributed by atoms with van der Waals surface area (Å²) < 4.78 is 5.54. The third-order valence-electron chi connectivity index (χ3n) is 4.30. The highest BCUT2D eigenvalue weighted by Crippen LogP contribution is 2.23. The van der Waals surface area contributed by atoms with Gasteiger partial charge in [-0.25, -0.2) is 4.79 Å². The lowest BCUT2D eigenvalue weighted by atomic mass is 10.0. The van der Waals surface area contributed by atoms with Crippen LogP contribution in [0.5, 0.6) is 0 Å². The molecule has 1 aliphatic heterocycles. The summed E-state index contributed by atoms with van der Waals surface area (Å²) in [5.41, 5.74) is 3.64. The van der Waals surface area contributed by atoms with Gasteiger partial charge in [-0.05, 0) is 44.4 Å². The van der Waals surface area contributed by atoms with Gasteiger partial charge in [0.1, 0.15) is 11.5 Å². The number of nitrogens with zero attached hydrogens (tertiary/aromatic N) is 1. The number of nitrogens with one attached hydrogen (secondary N) is 1. The lowest BCUT2D eigenvalue weighted by Gasteiger charge is -2.30. The number of amides is 2. The largest absolute Gasteiger partial charge is 0.466 e. The minimum atomic E-state index is -0.0536. The Morgan fingerprint density at radius 2 is 2.00 bits per heavy atom. The van der Waals surface area contributed by atoms with Crippen molar-refractivity contribution in [3.63, 3.8) is 0 Å². The molecule has 0 bridgehead atoms. The SMILES string of the molecule is Cc1cc(C(C)NC(=O)N2CCc3ccccc3C2)c(C)o1. The maximum atomic E-state index is 12.5. The van der Waals surface area contributed by atoms with Crippen molar-refractivity contribution in [3.05, 3.63) is 58.5 Å². The van der Waals surface area contributed by atoms with Crippen molar-refractivity contribution in [1.82, 2.24) is 10.2 Å². The van der Waals surface area contributed by atoms with E-state index in [0.29, 0.717) is 6.54 Å². The summed E-state index contributed by atoms with van der Waals surface area (Å²) in [6.07, 6.45) is 0.918. The quantitative estimate of drug-likeness (QED) is 0.918. The van der Waals surface area contributed by atoms with Crippen LogP contribution in [-0.2, 0) is 13.0 Å². The fourth-order valence-electron chi connectivity index (χ4n) is 3.10. The van der Waals surface area contributed by atoms with Crippen LogP contribution in [0.15, 0.2) is 34.7 Å². The Bertz CT molecular complexity index is 690. The van der Waals surface area contributed by atoms with E-state index in [-0.39, 0.29) is 12.1 Å². The van der Waals surface area contributed by atoms with Crippen LogP contribution in [0.1, 0.15) is 41.2 Å². The van der Waals surface area contributed by atoms with Gasteiger partial charge >= 0.3 is 6.03 Å². The summed E-state index contributed by atoms with van der Waals surface area (Å²) in [6.45, 7) is 7.29. The van der Waals surface area contributed by atoms with Crippen molar-refractivity contribution in [2.24, 2.45) is 0 Å². The molecule has 116 valence electrons. The number of aryl methyl sites for hydroxylation is 2. The van der Waals surface area contributed by atoms with E-state index in [1.54, 1.807) is 0 Å². The highest BCUT2D eigenvalue weighted by molar-refractivity contribution is 5.75.